The van der Waals surface area contributed by atoms with Gasteiger partial charge in [0.15, 0.2) is 5.75 Å². The predicted octanol–water partition coefficient (Wildman–Crippen LogP) is 4.00. The molecule has 72 valence electrons. The number of ether oxygens (including phenoxy) is 1. The number of halogens is 5. The lowest BCUT2D eigenvalue weighted by atomic mass is 10.3. The first kappa shape index (κ1) is 10.7. The van der Waals surface area contributed by atoms with Crippen LogP contribution in [-0.2, 0) is 0 Å². The summed E-state index contributed by atoms with van der Waals surface area (Å²) in [5.41, 5.74) is 0. The fourth-order valence-electron chi connectivity index (χ4n) is 0.696. The Morgan fingerprint density at radius 1 is 1.31 bits per heavy atom. The van der Waals surface area contributed by atoms with Crippen molar-refractivity contribution in [3.8, 4) is 5.75 Å². The first-order valence-electron chi connectivity index (χ1n) is 3.10. The van der Waals surface area contributed by atoms with Crippen molar-refractivity contribution < 1.29 is 17.9 Å². The zero-order valence-electron chi connectivity index (χ0n) is 6.03. The predicted molar refractivity (Wildman–Crippen MR) is 45.8 cm³/mol. The Bertz CT molecular complexity index is 293. The normalized spacial score (nSPS) is 11.5. The third kappa shape index (κ3) is 3.08. The van der Waals surface area contributed by atoms with Crippen LogP contribution in [0.5, 0.6) is 5.75 Å². The van der Waals surface area contributed by atoms with Gasteiger partial charge in [-0.05, 0) is 28.1 Å². The monoisotopic (exact) mass is 274 g/mol. The van der Waals surface area contributed by atoms with Crippen LogP contribution in [0.3, 0.4) is 0 Å². The molecule has 6 heteroatoms. The molecule has 0 atom stereocenters. The molecular formula is C7H3BrClF3O. The van der Waals surface area contributed by atoms with Gasteiger partial charge in [0.25, 0.3) is 0 Å². The summed E-state index contributed by atoms with van der Waals surface area (Å²) in [6.45, 7) is 0. The van der Waals surface area contributed by atoms with Crippen molar-refractivity contribution >= 4 is 27.5 Å². The van der Waals surface area contributed by atoms with E-state index in [1.165, 1.54) is 18.2 Å². The van der Waals surface area contributed by atoms with Crippen molar-refractivity contribution in [2.45, 2.75) is 6.36 Å². The first-order valence-corrected chi connectivity index (χ1v) is 4.27. The largest absolute Gasteiger partial charge is 0.573 e. The van der Waals surface area contributed by atoms with E-state index in [1.54, 1.807) is 0 Å². The van der Waals surface area contributed by atoms with E-state index in [0.717, 1.165) is 0 Å². The SMILES string of the molecule is FC(F)(F)Oc1c(Cl)cccc1Br. The minimum absolute atomic E-state index is 0.0910. The van der Waals surface area contributed by atoms with E-state index in [2.05, 4.69) is 20.7 Å². The van der Waals surface area contributed by atoms with E-state index < -0.39 is 12.1 Å². The van der Waals surface area contributed by atoms with Gasteiger partial charge in [-0.1, -0.05) is 17.7 Å². The van der Waals surface area contributed by atoms with Gasteiger partial charge in [0.2, 0.25) is 0 Å². The van der Waals surface area contributed by atoms with Crippen LogP contribution in [0, 0.1) is 0 Å². The maximum Gasteiger partial charge on any atom is 0.573 e. The van der Waals surface area contributed by atoms with Gasteiger partial charge in [0.1, 0.15) is 0 Å². The highest BCUT2D eigenvalue weighted by molar-refractivity contribution is 9.10. The van der Waals surface area contributed by atoms with E-state index in [4.69, 9.17) is 11.6 Å². The number of para-hydroxylation sites is 1. The van der Waals surface area contributed by atoms with Crippen LogP contribution in [0.2, 0.25) is 5.02 Å². The number of hydrogen-bond donors (Lipinski definition) is 0. The molecule has 1 nitrogen and oxygen atoms in total. The third-order valence-electron chi connectivity index (χ3n) is 1.14. The van der Waals surface area contributed by atoms with Crippen LogP contribution >= 0.6 is 27.5 Å². The standard InChI is InChI=1S/C7H3BrClF3O/c8-4-2-1-3-5(9)6(4)13-7(10,11)12/h1-3H. The van der Waals surface area contributed by atoms with Crippen molar-refractivity contribution in [3.63, 3.8) is 0 Å². The van der Waals surface area contributed by atoms with Gasteiger partial charge < -0.3 is 4.74 Å². The van der Waals surface area contributed by atoms with E-state index in [1.807, 2.05) is 0 Å². The van der Waals surface area contributed by atoms with E-state index in [-0.39, 0.29) is 9.50 Å². The fraction of sp³-hybridized carbons (Fsp3) is 0.143. The number of benzene rings is 1. The summed E-state index contributed by atoms with van der Waals surface area (Å²) in [5, 5.41) is -0.0910. The quantitative estimate of drug-likeness (QED) is 0.752. The van der Waals surface area contributed by atoms with Crippen LogP contribution in [-0.4, -0.2) is 6.36 Å². The lowest BCUT2D eigenvalue weighted by molar-refractivity contribution is -0.274. The molecule has 13 heavy (non-hydrogen) atoms. The summed E-state index contributed by atoms with van der Waals surface area (Å²) in [7, 11) is 0. The van der Waals surface area contributed by atoms with Gasteiger partial charge in [-0.25, -0.2) is 0 Å². The maximum atomic E-state index is 11.8. The second-order valence-corrected chi connectivity index (χ2v) is 3.36. The van der Waals surface area contributed by atoms with Crippen molar-refractivity contribution in [1.29, 1.82) is 0 Å². The second-order valence-electron chi connectivity index (χ2n) is 2.10. The average molecular weight is 275 g/mol. The molecule has 0 aromatic heterocycles. The smallest absolute Gasteiger partial charge is 0.403 e. The molecular weight excluding hydrogens is 272 g/mol. The van der Waals surface area contributed by atoms with Gasteiger partial charge in [-0.2, -0.15) is 0 Å². The molecule has 0 saturated carbocycles. The van der Waals surface area contributed by atoms with Crippen molar-refractivity contribution in [3.05, 3.63) is 27.7 Å². The van der Waals surface area contributed by atoms with Crippen LogP contribution in [0.4, 0.5) is 13.2 Å². The molecule has 0 aliphatic rings. The molecule has 0 bridgehead atoms. The average Bonchev–Trinajstić information content (AvgIpc) is 1.95. The highest BCUT2D eigenvalue weighted by Crippen LogP contribution is 2.36. The lowest BCUT2D eigenvalue weighted by Gasteiger charge is -2.11. The Morgan fingerprint density at radius 3 is 2.38 bits per heavy atom. The van der Waals surface area contributed by atoms with E-state index in [0.29, 0.717) is 0 Å². The minimum atomic E-state index is -4.73. The van der Waals surface area contributed by atoms with Crippen molar-refractivity contribution in [2.75, 3.05) is 0 Å². The summed E-state index contributed by atoms with van der Waals surface area (Å²) in [6.07, 6.45) is -4.73. The van der Waals surface area contributed by atoms with Crippen LogP contribution < -0.4 is 4.74 Å². The van der Waals surface area contributed by atoms with Gasteiger partial charge in [-0.15, -0.1) is 13.2 Å². The highest BCUT2D eigenvalue weighted by Gasteiger charge is 2.32. The van der Waals surface area contributed by atoms with E-state index in [9.17, 15) is 13.2 Å². The zero-order chi connectivity index (χ0) is 10.1. The van der Waals surface area contributed by atoms with Gasteiger partial charge >= 0.3 is 6.36 Å². The molecule has 0 N–H and O–H groups in total. The molecule has 1 aromatic carbocycles. The summed E-state index contributed by atoms with van der Waals surface area (Å²) in [5.74, 6) is -0.420. The molecule has 0 aliphatic heterocycles. The number of alkyl halides is 3. The molecule has 0 unspecified atom stereocenters. The molecule has 0 spiro atoms. The first-order chi connectivity index (χ1) is 5.90. The fourth-order valence-corrected chi connectivity index (χ4v) is 1.47. The molecule has 1 aromatic rings. The number of rotatable bonds is 1. The Kier molecular flexibility index (Phi) is 3.08. The Morgan fingerprint density at radius 2 is 1.92 bits per heavy atom. The van der Waals surface area contributed by atoms with Crippen molar-refractivity contribution in [1.82, 2.24) is 0 Å². The molecule has 0 saturated heterocycles. The number of hydrogen-bond acceptors (Lipinski definition) is 1. The molecule has 0 heterocycles. The summed E-state index contributed by atoms with van der Waals surface area (Å²) in [6, 6.07) is 4.23. The van der Waals surface area contributed by atoms with Crippen molar-refractivity contribution in [2.24, 2.45) is 0 Å². The van der Waals surface area contributed by atoms with Gasteiger partial charge in [0.05, 0.1) is 9.50 Å². The second kappa shape index (κ2) is 3.75. The molecule has 0 amide bonds. The van der Waals surface area contributed by atoms with Gasteiger partial charge in [-0.3, -0.25) is 0 Å². The third-order valence-corrected chi connectivity index (χ3v) is 2.06. The van der Waals surface area contributed by atoms with Crippen LogP contribution in [0.25, 0.3) is 0 Å². The summed E-state index contributed by atoms with van der Waals surface area (Å²) >= 11 is 8.37. The van der Waals surface area contributed by atoms with E-state index >= 15 is 0 Å². The van der Waals surface area contributed by atoms with Crippen LogP contribution in [0.15, 0.2) is 22.7 Å². The topological polar surface area (TPSA) is 9.23 Å². The molecule has 0 radical (unpaired) electrons. The molecule has 0 fully saturated rings. The highest BCUT2D eigenvalue weighted by atomic mass is 79.9. The Hall–Kier alpha value is -0.420. The maximum absolute atomic E-state index is 11.8. The van der Waals surface area contributed by atoms with Crippen LogP contribution in [0.1, 0.15) is 0 Å². The molecule has 0 aliphatic carbocycles. The molecule has 1 rings (SSSR count). The lowest BCUT2D eigenvalue weighted by Crippen LogP contribution is -2.17. The minimum Gasteiger partial charge on any atom is -0.403 e. The Balaban J connectivity index is 3.00. The Labute approximate surface area is 85.6 Å². The summed E-state index contributed by atoms with van der Waals surface area (Å²) in [4.78, 5) is 0. The van der Waals surface area contributed by atoms with Gasteiger partial charge in [0, 0.05) is 0 Å². The summed E-state index contributed by atoms with van der Waals surface area (Å²) < 4.78 is 39.2. The zero-order valence-corrected chi connectivity index (χ0v) is 8.37.